The van der Waals surface area contributed by atoms with Crippen LogP contribution in [-0.2, 0) is 26.2 Å². The van der Waals surface area contributed by atoms with Crippen molar-refractivity contribution in [3.8, 4) is 5.75 Å². The largest absolute Gasteiger partial charge is 0.497 e. The number of benzene rings is 2. The molecule has 0 spiro atoms. The maximum absolute atomic E-state index is 5.21. The summed E-state index contributed by atoms with van der Waals surface area (Å²) in [5.74, 6) is 0.917. The molecule has 3 rings (SSSR count). The normalized spacial score (nSPS) is 14.2. The van der Waals surface area contributed by atoms with Crippen LogP contribution in [0.3, 0.4) is 0 Å². The van der Waals surface area contributed by atoms with E-state index < -0.39 is 0 Å². The van der Waals surface area contributed by atoms with Gasteiger partial charge in [-0.3, -0.25) is 4.90 Å². The Balaban J connectivity index is 1.66. The van der Waals surface area contributed by atoms with Gasteiger partial charge in [-0.1, -0.05) is 30.3 Å². The van der Waals surface area contributed by atoms with Gasteiger partial charge >= 0.3 is 0 Å². The van der Waals surface area contributed by atoms with E-state index in [1.807, 2.05) is 19.2 Å². The third-order valence-corrected chi connectivity index (χ3v) is 4.00. The smallest absolute Gasteiger partial charge is 0.118 e. The summed E-state index contributed by atoms with van der Waals surface area (Å²) in [5.41, 5.74) is 5.63. The van der Waals surface area contributed by atoms with Crippen LogP contribution in [0.4, 0.5) is 0 Å². The van der Waals surface area contributed by atoms with Crippen LogP contribution in [0.1, 0.15) is 22.3 Å². The molecule has 0 fully saturated rings. The monoisotopic (exact) mass is 282 g/mol. The second-order valence-corrected chi connectivity index (χ2v) is 5.63. The van der Waals surface area contributed by atoms with E-state index in [0.29, 0.717) is 0 Å². The van der Waals surface area contributed by atoms with Crippen molar-refractivity contribution in [1.29, 1.82) is 0 Å². The minimum Gasteiger partial charge on any atom is -0.497 e. The van der Waals surface area contributed by atoms with E-state index in [0.717, 1.165) is 31.9 Å². The van der Waals surface area contributed by atoms with Gasteiger partial charge in [0.2, 0.25) is 0 Å². The molecule has 0 radical (unpaired) electrons. The first-order valence-corrected chi connectivity index (χ1v) is 7.39. The van der Waals surface area contributed by atoms with Gasteiger partial charge in [-0.25, -0.2) is 0 Å². The number of nitrogens with zero attached hydrogens (tertiary/aromatic N) is 1. The van der Waals surface area contributed by atoms with Crippen LogP contribution in [0.15, 0.2) is 42.5 Å². The van der Waals surface area contributed by atoms with E-state index in [-0.39, 0.29) is 0 Å². The molecule has 0 saturated carbocycles. The minimum atomic E-state index is 0.917. The van der Waals surface area contributed by atoms with Crippen molar-refractivity contribution in [3.05, 3.63) is 64.7 Å². The van der Waals surface area contributed by atoms with Crippen LogP contribution >= 0.6 is 0 Å². The summed E-state index contributed by atoms with van der Waals surface area (Å²) >= 11 is 0. The molecule has 110 valence electrons. The van der Waals surface area contributed by atoms with Gasteiger partial charge in [-0.05, 0) is 41.4 Å². The molecule has 3 nitrogen and oxygen atoms in total. The Hall–Kier alpha value is -1.84. The summed E-state index contributed by atoms with van der Waals surface area (Å²) in [6, 6.07) is 15.2. The SMILES string of the molecule is CNCc1ccc2c(c1)CN(Cc1ccc(OC)cc1)C2. The lowest BCUT2D eigenvalue weighted by molar-refractivity contribution is 0.275. The Morgan fingerprint density at radius 1 is 1.00 bits per heavy atom. The summed E-state index contributed by atoms with van der Waals surface area (Å²) in [7, 11) is 3.69. The lowest BCUT2D eigenvalue weighted by atomic mass is 10.1. The molecule has 1 heterocycles. The summed E-state index contributed by atoms with van der Waals surface area (Å²) in [6.45, 7) is 4.01. The summed E-state index contributed by atoms with van der Waals surface area (Å²) in [4.78, 5) is 2.48. The van der Waals surface area contributed by atoms with Gasteiger partial charge in [0, 0.05) is 26.2 Å². The maximum atomic E-state index is 5.21. The average molecular weight is 282 g/mol. The van der Waals surface area contributed by atoms with E-state index in [9.17, 15) is 0 Å². The molecule has 0 aromatic heterocycles. The highest BCUT2D eigenvalue weighted by atomic mass is 16.5. The third kappa shape index (κ3) is 3.26. The zero-order valence-corrected chi connectivity index (χ0v) is 12.7. The molecular weight excluding hydrogens is 260 g/mol. The molecule has 0 unspecified atom stereocenters. The van der Waals surface area contributed by atoms with Crippen LogP contribution in [0.5, 0.6) is 5.75 Å². The fourth-order valence-corrected chi connectivity index (χ4v) is 2.93. The van der Waals surface area contributed by atoms with E-state index in [4.69, 9.17) is 4.74 Å². The zero-order valence-electron chi connectivity index (χ0n) is 12.7. The Labute approximate surface area is 126 Å². The average Bonchev–Trinajstić information content (AvgIpc) is 2.90. The second-order valence-electron chi connectivity index (χ2n) is 5.63. The number of nitrogens with one attached hydrogen (secondary N) is 1. The Morgan fingerprint density at radius 3 is 2.43 bits per heavy atom. The summed E-state index contributed by atoms with van der Waals surface area (Å²) < 4.78 is 5.21. The van der Waals surface area contributed by atoms with Gasteiger partial charge in [0.25, 0.3) is 0 Å². The second kappa shape index (κ2) is 6.29. The van der Waals surface area contributed by atoms with Crippen molar-refractivity contribution in [2.24, 2.45) is 0 Å². The van der Waals surface area contributed by atoms with Crippen molar-refractivity contribution in [3.63, 3.8) is 0 Å². The van der Waals surface area contributed by atoms with Gasteiger partial charge in [0.05, 0.1) is 7.11 Å². The van der Waals surface area contributed by atoms with Crippen molar-refractivity contribution >= 4 is 0 Å². The van der Waals surface area contributed by atoms with Crippen molar-refractivity contribution < 1.29 is 4.74 Å². The highest BCUT2D eigenvalue weighted by molar-refractivity contribution is 5.35. The van der Waals surface area contributed by atoms with Crippen LogP contribution in [0.25, 0.3) is 0 Å². The number of hydrogen-bond donors (Lipinski definition) is 1. The lowest BCUT2D eigenvalue weighted by Gasteiger charge is -2.14. The first-order valence-electron chi connectivity index (χ1n) is 7.39. The molecule has 0 atom stereocenters. The molecule has 3 heteroatoms. The number of rotatable bonds is 5. The standard InChI is InChI=1S/C18H22N2O/c1-19-10-15-3-6-16-12-20(13-17(16)9-15)11-14-4-7-18(21-2)8-5-14/h3-9,19H,10-13H2,1-2H3. The molecule has 0 aliphatic carbocycles. The lowest BCUT2D eigenvalue weighted by Crippen LogP contribution is -2.15. The first kappa shape index (κ1) is 14.1. The Bertz CT molecular complexity index is 607. The number of fused-ring (bicyclic) bond motifs is 1. The van der Waals surface area contributed by atoms with E-state index in [2.05, 4.69) is 40.5 Å². The molecule has 1 aliphatic rings. The number of hydrogen-bond acceptors (Lipinski definition) is 3. The Morgan fingerprint density at radius 2 is 1.71 bits per heavy atom. The molecule has 0 amide bonds. The molecule has 1 aliphatic heterocycles. The zero-order chi connectivity index (χ0) is 14.7. The predicted molar refractivity (Wildman–Crippen MR) is 85.2 cm³/mol. The van der Waals surface area contributed by atoms with Crippen molar-refractivity contribution in [2.75, 3.05) is 14.2 Å². The van der Waals surface area contributed by atoms with Gasteiger partial charge in [0.1, 0.15) is 5.75 Å². The maximum Gasteiger partial charge on any atom is 0.118 e. The topological polar surface area (TPSA) is 24.5 Å². The van der Waals surface area contributed by atoms with E-state index >= 15 is 0 Å². The molecule has 1 N–H and O–H groups in total. The molecule has 21 heavy (non-hydrogen) atoms. The molecule has 0 bridgehead atoms. The van der Waals surface area contributed by atoms with Gasteiger partial charge in [-0.15, -0.1) is 0 Å². The highest BCUT2D eigenvalue weighted by Gasteiger charge is 2.19. The van der Waals surface area contributed by atoms with E-state index in [1.54, 1.807) is 7.11 Å². The van der Waals surface area contributed by atoms with Crippen LogP contribution in [0.2, 0.25) is 0 Å². The van der Waals surface area contributed by atoms with Crippen LogP contribution in [0, 0.1) is 0 Å². The number of ether oxygens (including phenoxy) is 1. The first-order chi connectivity index (χ1) is 10.3. The fourth-order valence-electron chi connectivity index (χ4n) is 2.93. The van der Waals surface area contributed by atoms with Gasteiger partial charge in [0.15, 0.2) is 0 Å². The van der Waals surface area contributed by atoms with Crippen molar-refractivity contribution in [2.45, 2.75) is 26.2 Å². The molecular formula is C18H22N2O. The molecule has 2 aromatic carbocycles. The molecule has 0 saturated heterocycles. The predicted octanol–water partition coefficient (Wildman–Crippen LogP) is 2.93. The highest BCUT2D eigenvalue weighted by Crippen LogP contribution is 2.25. The minimum absolute atomic E-state index is 0.917. The fraction of sp³-hybridized carbons (Fsp3) is 0.333. The van der Waals surface area contributed by atoms with Crippen LogP contribution in [-0.4, -0.2) is 19.1 Å². The number of methoxy groups -OCH3 is 1. The van der Waals surface area contributed by atoms with Crippen molar-refractivity contribution in [1.82, 2.24) is 10.2 Å². The quantitative estimate of drug-likeness (QED) is 0.912. The van der Waals surface area contributed by atoms with Crippen LogP contribution < -0.4 is 10.1 Å². The third-order valence-electron chi connectivity index (χ3n) is 4.00. The van der Waals surface area contributed by atoms with Gasteiger partial charge in [-0.2, -0.15) is 0 Å². The Kier molecular flexibility index (Phi) is 4.23. The van der Waals surface area contributed by atoms with E-state index in [1.165, 1.54) is 22.3 Å². The summed E-state index contributed by atoms with van der Waals surface area (Å²) in [5, 5.41) is 3.21. The van der Waals surface area contributed by atoms with Gasteiger partial charge < -0.3 is 10.1 Å². The summed E-state index contributed by atoms with van der Waals surface area (Å²) in [6.07, 6.45) is 0. The molecule has 2 aromatic rings.